The highest BCUT2D eigenvalue weighted by Gasteiger charge is 2.35. The number of methoxy groups -OCH3 is 1. The second-order valence-electron chi connectivity index (χ2n) is 8.76. The first-order chi connectivity index (χ1) is 15.9. The summed E-state index contributed by atoms with van der Waals surface area (Å²) in [5.74, 6) is 1.01. The van der Waals surface area contributed by atoms with Gasteiger partial charge in [-0.2, -0.15) is 0 Å². The van der Waals surface area contributed by atoms with Gasteiger partial charge in [0.15, 0.2) is 29.6 Å². The van der Waals surface area contributed by atoms with Gasteiger partial charge in [-0.25, -0.2) is 4.39 Å². The number of carbonyl (C=O) groups excluding carboxylic acids is 1. The molecular formula is C25H30FN2O5+. The fourth-order valence-corrected chi connectivity index (χ4v) is 4.64. The van der Waals surface area contributed by atoms with Crippen molar-refractivity contribution >= 4 is 16.8 Å². The molecule has 7 nitrogen and oxygen atoms in total. The van der Waals surface area contributed by atoms with Gasteiger partial charge in [-0.1, -0.05) is 5.16 Å². The number of aromatic nitrogens is 1. The summed E-state index contributed by atoms with van der Waals surface area (Å²) < 4.78 is 30.6. The number of halogens is 1. The molecule has 0 atom stereocenters. The SMILES string of the molecule is COc1cc(C(C)=O)ccc1OCCC[N+]1(CO)CCC(c2noc3cc(F)ccc23)CC1. The molecule has 4 rings (SSSR count). The topological polar surface area (TPSA) is 81.8 Å². The van der Waals surface area contributed by atoms with E-state index in [0.29, 0.717) is 33.7 Å². The van der Waals surface area contributed by atoms with E-state index in [2.05, 4.69) is 5.16 Å². The molecule has 1 saturated heterocycles. The third-order valence-electron chi connectivity index (χ3n) is 6.66. The standard InChI is InChI=1S/C25H30FN2O5/c1-17(30)19-4-7-22(24(14-19)31-2)32-13-3-10-28(16-29)11-8-18(9-12-28)25-21-6-5-20(26)15-23(21)33-27-25/h4-7,14-15,18,29H,3,8-13,16H2,1-2H3/q+1. The Morgan fingerprint density at radius 2 is 2.00 bits per heavy atom. The fraction of sp³-hybridized carbons (Fsp3) is 0.440. The van der Waals surface area contributed by atoms with Gasteiger partial charge in [0.1, 0.15) is 5.82 Å². The number of fused-ring (bicyclic) bond motifs is 1. The number of carbonyl (C=O) groups is 1. The highest BCUT2D eigenvalue weighted by Crippen LogP contribution is 2.35. The van der Waals surface area contributed by atoms with Gasteiger partial charge in [0.25, 0.3) is 0 Å². The lowest BCUT2D eigenvalue weighted by molar-refractivity contribution is -0.949. The predicted octanol–water partition coefficient (Wildman–Crippen LogP) is 4.29. The van der Waals surface area contributed by atoms with Gasteiger partial charge in [-0.3, -0.25) is 4.79 Å². The van der Waals surface area contributed by atoms with E-state index in [9.17, 15) is 14.3 Å². The van der Waals surface area contributed by atoms with E-state index in [1.54, 1.807) is 31.4 Å². The fourth-order valence-electron chi connectivity index (χ4n) is 4.64. The molecule has 0 spiro atoms. The van der Waals surface area contributed by atoms with Crippen molar-refractivity contribution < 1.29 is 32.8 Å². The molecule has 0 amide bonds. The van der Waals surface area contributed by atoms with Crippen molar-refractivity contribution in [1.29, 1.82) is 0 Å². The lowest BCUT2D eigenvalue weighted by Crippen LogP contribution is -2.54. The number of aliphatic hydroxyl groups excluding tert-OH is 1. The highest BCUT2D eigenvalue weighted by molar-refractivity contribution is 5.94. The van der Waals surface area contributed by atoms with Gasteiger partial charge in [-0.15, -0.1) is 0 Å². The molecule has 0 aliphatic carbocycles. The Kier molecular flexibility index (Phi) is 6.95. The van der Waals surface area contributed by atoms with E-state index in [-0.39, 0.29) is 24.2 Å². The van der Waals surface area contributed by atoms with Crippen LogP contribution in [0.3, 0.4) is 0 Å². The Morgan fingerprint density at radius 1 is 1.21 bits per heavy atom. The number of piperidine rings is 1. The summed E-state index contributed by atoms with van der Waals surface area (Å²) in [6.45, 7) is 4.52. The maximum Gasteiger partial charge on any atom is 0.180 e. The maximum absolute atomic E-state index is 13.4. The Balaban J connectivity index is 1.32. The monoisotopic (exact) mass is 457 g/mol. The van der Waals surface area contributed by atoms with Crippen LogP contribution in [0.4, 0.5) is 4.39 Å². The van der Waals surface area contributed by atoms with Crippen LogP contribution in [0.1, 0.15) is 48.2 Å². The Labute approximate surface area is 192 Å². The lowest BCUT2D eigenvalue weighted by Gasteiger charge is -2.41. The van der Waals surface area contributed by atoms with E-state index in [1.165, 1.54) is 19.1 Å². The number of rotatable bonds is 9. The number of benzene rings is 2. The summed E-state index contributed by atoms with van der Waals surface area (Å²) in [5.41, 5.74) is 1.93. The molecule has 33 heavy (non-hydrogen) atoms. The Morgan fingerprint density at radius 3 is 2.70 bits per heavy atom. The van der Waals surface area contributed by atoms with Crippen molar-refractivity contribution in [3.63, 3.8) is 0 Å². The second-order valence-corrected chi connectivity index (χ2v) is 8.76. The van der Waals surface area contributed by atoms with Crippen LogP contribution >= 0.6 is 0 Å². The summed E-state index contributed by atoms with van der Waals surface area (Å²) in [7, 11) is 1.55. The average molecular weight is 458 g/mol. The van der Waals surface area contributed by atoms with Gasteiger partial charge < -0.3 is 23.6 Å². The minimum Gasteiger partial charge on any atom is -0.493 e. The van der Waals surface area contributed by atoms with E-state index < -0.39 is 0 Å². The zero-order valence-corrected chi connectivity index (χ0v) is 19.1. The van der Waals surface area contributed by atoms with E-state index in [1.807, 2.05) is 0 Å². The number of nitrogens with zero attached hydrogens (tertiary/aromatic N) is 2. The molecule has 2 heterocycles. The number of Topliss-reactive ketones (excluding diaryl/α,β-unsaturated/α-hetero) is 1. The molecule has 3 aromatic rings. The summed E-state index contributed by atoms with van der Waals surface area (Å²) in [4.78, 5) is 11.6. The van der Waals surface area contributed by atoms with Crippen molar-refractivity contribution in [2.75, 3.05) is 40.1 Å². The van der Waals surface area contributed by atoms with Crippen LogP contribution in [0.5, 0.6) is 11.5 Å². The largest absolute Gasteiger partial charge is 0.493 e. The lowest BCUT2D eigenvalue weighted by atomic mass is 9.90. The van der Waals surface area contributed by atoms with Crippen molar-refractivity contribution in [2.45, 2.75) is 32.1 Å². The van der Waals surface area contributed by atoms with Crippen molar-refractivity contribution in [1.82, 2.24) is 5.16 Å². The van der Waals surface area contributed by atoms with Gasteiger partial charge in [0.05, 0.1) is 39.0 Å². The molecule has 2 aromatic carbocycles. The van der Waals surface area contributed by atoms with Gasteiger partial charge in [-0.05, 0) is 37.3 Å². The number of hydrogen-bond acceptors (Lipinski definition) is 6. The molecule has 0 unspecified atom stereocenters. The molecule has 1 N–H and O–H groups in total. The third-order valence-corrected chi connectivity index (χ3v) is 6.66. The Bertz CT molecular complexity index is 1120. The summed E-state index contributed by atoms with van der Waals surface area (Å²) in [5, 5.41) is 15.2. The average Bonchev–Trinajstić information content (AvgIpc) is 3.25. The smallest absolute Gasteiger partial charge is 0.180 e. The third kappa shape index (κ3) is 5.02. The number of likely N-dealkylation sites (tertiary alicyclic amines) is 1. The summed E-state index contributed by atoms with van der Waals surface area (Å²) >= 11 is 0. The summed E-state index contributed by atoms with van der Waals surface area (Å²) in [6, 6.07) is 9.70. The van der Waals surface area contributed by atoms with E-state index in [0.717, 1.165) is 50.0 Å². The molecule has 1 aliphatic rings. The first kappa shape index (κ1) is 23.2. The number of aliphatic hydroxyl groups is 1. The molecule has 1 aromatic heterocycles. The predicted molar refractivity (Wildman–Crippen MR) is 121 cm³/mol. The quantitative estimate of drug-likeness (QED) is 0.293. The normalized spacial score (nSPS) is 20.7. The minimum absolute atomic E-state index is 0.0246. The molecule has 0 saturated carbocycles. The minimum atomic E-state index is -0.334. The van der Waals surface area contributed by atoms with Crippen molar-refractivity contribution in [3.8, 4) is 11.5 Å². The van der Waals surface area contributed by atoms with Gasteiger partial charge >= 0.3 is 0 Å². The first-order valence-electron chi connectivity index (χ1n) is 11.3. The second kappa shape index (κ2) is 9.89. The van der Waals surface area contributed by atoms with Crippen molar-refractivity contribution in [2.24, 2.45) is 0 Å². The molecule has 1 aliphatic heterocycles. The van der Waals surface area contributed by atoms with Crippen LogP contribution in [-0.2, 0) is 0 Å². The van der Waals surface area contributed by atoms with Crippen LogP contribution < -0.4 is 9.47 Å². The summed E-state index contributed by atoms with van der Waals surface area (Å²) in [6.07, 6.45) is 2.52. The zero-order valence-electron chi connectivity index (χ0n) is 19.1. The zero-order chi connectivity index (χ0) is 23.4. The molecule has 0 bridgehead atoms. The maximum atomic E-state index is 13.4. The number of ether oxygens (including phenoxy) is 2. The number of quaternary nitrogens is 1. The van der Waals surface area contributed by atoms with Crippen LogP contribution in [0, 0.1) is 5.82 Å². The Hall–Kier alpha value is -2.97. The van der Waals surface area contributed by atoms with Crippen LogP contribution in [0.15, 0.2) is 40.9 Å². The highest BCUT2D eigenvalue weighted by atomic mass is 19.1. The number of ketones is 1. The molecule has 8 heteroatoms. The first-order valence-corrected chi connectivity index (χ1v) is 11.3. The van der Waals surface area contributed by atoms with Crippen molar-refractivity contribution in [3.05, 3.63) is 53.5 Å². The van der Waals surface area contributed by atoms with Gasteiger partial charge in [0.2, 0.25) is 0 Å². The van der Waals surface area contributed by atoms with E-state index >= 15 is 0 Å². The van der Waals surface area contributed by atoms with E-state index in [4.69, 9.17) is 14.0 Å². The molecule has 176 valence electrons. The van der Waals surface area contributed by atoms with Gasteiger partial charge in [0, 0.05) is 42.2 Å². The molecular weight excluding hydrogens is 427 g/mol. The van der Waals surface area contributed by atoms with Crippen LogP contribution in [0.2, 0.25) is 0 Å². The number of hydrogen-bond donors (Lipinski definition) is 1. The van der Waals surface area contributed by atoms with Crippen LogP contribution in [-0.4, -0.2) is 60.6 Å². The molecule has 0 radical (unpaired) electrons. The van der Waals surface area contributed by atoms with Crippen LogP contribution in [0.25, 0.3) is 11.0 Å². The molecule has 1 fully saturated rings.